The van der Waals surface area contributed by atoms with Crippen LogP contribution in [0.2, 0.25) is 0 Å². The monoisotopic (exact) mass is 278 g/mol. The SMILES string of the molecule is Cc1ncsc1CN(C)CCCc1c(C)n[nH]c1C. The van der Waals surface area contributed by atoms with Gasteiger partial charge in [0.05, 0.1) is 16.9 Å². The van der Waals surface area contributed by atoms with Gasteiger partial charge in [0, 0.05) is 17.1 Å². The van der Waals surface area contributed by atoms with Crippen molar-refractivity contribution >= 4 is 11.3 Å². The fourth-order valence-electron chi connectivity index (χ4n) is 2.27. The number of H-pyrrole nitrogens is 1. The van der Waals surface area contributed by atoms with Crippen molar-refractivity contribution in [2.45, 2.75) is 40.2 Å². The van der Waals surface area contributed by atoms with Gasteiger partial charge in [-0.3, -0.25) is 5.10 Å². The smallest absolute Gasteiger partial charge is 0.0798 e. The van der Waals surface area contributed by atoms with Crippen LogP contribution in [-0.4, -0.2) is 33.7 Å². The molecular weight excluding hydrogens is 256 g/mol. The van der Waals surface area contributed by atoms with E-state index in [0.29, 0.717) is 0 Å². The Hall–Kier alpha value is -1.20. The van der Waals surface area contributed by atoms with Gasteiger partial charge in [-0.15, -0.1) is 11.3 Å². The van der Waals surface area contributed by atoms with Crippen molar-refractivity contribution in [3.8, 4) is 0 Å². The van der Waals surface area contributed by atoms with E-state index >= 15 is 0 Å². The van der Waals surface area contributed by atoms with E-state index in [0.717, 1.165) is 31.6 Å². The van der Waals surface area contributed by atoms with Gasteiger partial charge in [-0.1, -0.05) is 0 Å². The maximum atomic E-state index is 4.29. The summed E-state index contributed by atoms with van der Waals surface area (Å²) in [5, 5.41) is 7.29. The molecule has 0 saturated heterocycles. The normalized spacial score (nSPS) is 11.4. The fraction of sp³-hybridized carbons (Fsp3) is 0.571. The summed E-state index contributed by atoms with van der Waals surface area (Å²) in [6.07, 6.45) is 2.26. The molecule has 0 spiro atoms. The zero-order chi connectivity index (χ0) is 13.8. The van der Waals surface area contributed by atoms with Crippen LogP contribution < -0.4 is 0 Å². The van der Waals surface area contributed by atoms with Crippen LogP contribution in [0, 0.1) is 20.8 Å². The van der Waals surface area contributed by atoms with E-state index in [4.69, 9.17) is 0 Å². The number of hydrogen-bond donors (Lipinski definition) is 1. The van der Waals surface area contributed by atoms with E-state index in [1.807, 2.05) is 5.51 Å². The third kappa shape index (κ3) is 3.64. The molecule has 2 aromatic rings. The molecule has 2 heterocycles. The molecule has 0 aliphatic rings. The predicted octanol–water partition coefficient (Wildman–Crippen LogP) is 2.86. The minimum Gasteiger partial charge on any atom is -0.301 e. The summed E-state index contributed by atoms with van der Waals surface area (Å²) in [6.45, 7) is 8.35. The second-order valence-electron chi connectivity index (χ2n) is 5.11. The molecule has 2 aromatic heterocycles. The van der Waals surface area contributed by atoms with E-state index < -0.39 is 0 Å². The first kappa shape index (κ1) is 14.2. The largest absolute Gasteiger partial charge is 0.301 e. The lowest BCUT2D eigenvalue weighted by Crippen LogP contribution is -2.19. The summed E-state index contributed by atoms with van der Waals surface area (Å²) in [5.74, 6) is 0. The lowest BCUT2D eigenvalue weighted by Gasteiger charge is -2.15. The van der Waals surface area contributed by atoms with Crippen molar-refractivity contribution in [2.24, 2.45) is 0 Å². The Morgan fingerprint density at radius 3 is 2.63 bits per heavy atom. The first-order chi connectivity index (χ1) is 9.08. The number of hydrogen-bond acceptors (Lipinski definition) is 4. The molecule has 5 heteroatoms. The molecule has 4 nitrogen and oxygen atoms in total. The van der Waals surface area contributed by atoms with Gasteiger partial charge >= 0.3 is 0 Å². The first-order valence-corrected chi connectivity index (χ1v) is 7.54. The molecule has 19 heavy (non-hydrogen) atoms. The number of nitrogens with one attached hydrogen (secondary N) is 1. The van der Waals surface area contributed by atoms with Crippen LogP contribution >= 0.6 is 11.3 Å². The first-order valence-electron chi connectivity index (χ1n) is 6.66. The van der Waals surface area contributed by atoms with Crippen molar-refractivity contribution in [1.29, 1.82) is 0 Å². The van der Waals surface area contributed by atoms with E-state index in [1.54, 1.807) is 11.3 Å². The van der Waals surface area contributed by atoms with Crippen LogP contribution in [0.15, 0.2) is 5.51 Å². The standard InChI is InChI=1S/C14H22N4S/c1-10-13(11(2)17-16-10)6-5-7-18(4)8-14-12(3)15-9-19-14/h9H,5-8H2,1-4H3,(H,16,17). The maximum absolute atomic E-state index is 4.29. The highest BCUT2D eigenvalue weighted by Crippen LogP contribution is 2.15. The van der Waals surface area contributed by atoms with Gasteiger partial charge in [0.1, 0.15) is 0 Å². The molecule has 0 saturated carbocycles. The molecule has 2 rings (SSSR count). The molecule has 0 fully saturated rings. The highest BCUT2D eigenvalue weighted by molar-refractivity contribution is 7.09. The molecule has 0 bridgehead atoms. The van der Waals surface area contributed by atoms with Crippen LogP contribution in [0.4, 0.5) is 0 Å². The quantitative estimate of drug-likeness (QED) is 0.883. The molecule has 0 radical (unpaired) electrons. The number of aromatic nitrogens is 3. The number of aryl methyl sites for hydroxylation is 3. The van der Waals surface area contributed by atoms with E-state index in [-0.39, 0.29) is 0 Å². The highest BCUT2D eigenvalue weighted by Gasteiger charge is 2.08. The minimum absolute atomic E-state index is 1.000. The van der Waals surface area contributed by atoms with Crippen LogP contribution in [0.5, 0.6) is 0 Å². The van der Waals surface area contributed by atoms with Crippen LogP contribution in [0.3, 0.4) is 0 Å². The van der Waals surface area contributed by atoms with Gasteiger partial charge < -0.3 is 4.90 Å². The highest BCUT2D eigenvalue weighted by atomic mass is 32.1. The van der Waals surface area contributed by atoms with Gasteiger partial charge in [0.25, 0.3) is 0 Å². The van der Waals surface area contributed by atoms with E-state index in [9.17, 15) is 0 Å². The number of aromatic amines is 1. The third-order valence-electron chi connectivity index (χ3n) is 3.51. The Balaban J connectivity index is 1.78. The van der Waals surface area contributed by atoms with Gasteiger partial charge in [0.15, 0.2) is 0 Å². The lowest BCUT2D eigenvalue weighted by atomic mass is 10.1. The van der Waals surface area contributed by atoms with Crippen LogP contribution in [0.1, 0.15) is 33.9 Å². The van der Waals surface area contributed by atoms with E-state index in [1.165, 1.54) is 21.8 Å². The van der Waals surface area contributed by atoms with Crippen molar-refractivity contribution < 1.29 is 0 Å². The van der Waals surface area contributed by atoms with Gasteiger partial charge in [-0.25, -0.2) is 4.98 Å². The molecule has 0 aromatic carbocycles. The van der Waals surface area contributed by atoms with Crippen LogP contribution in [-0.2, 0) is 13.0 Å². The Morgan fingerprint density at radius 1 is 1.26 bits per heavy atom. The molecule has 0 aliphatic carbocycles. The lowest BCUT2D eigenvalue weighted by molar-refractivity contribution is 0.324. The molecule has 1 N–H and O–H groups in total. The van der Waals surface area contributed by atoms with Crippen molar-refractivity contribution in [3.63, 3.8) is 0 Å². The zero-order valence-corrected chi connectivity index (χ0v) is 13.0. The van der Waals surface area contributed by atoms with E-state index in [2.05, 4.69) is 47.9 Å². The molecule has 0 unspecified atom stereocenters. The summed E-state index contributed by atoms with van der Waals surface area (Å²) >= 11 is 1.75. The molecular formula is C14H22N4S. The van der Waals surface area contributed by atoms with Crippen molar-refractivity contribution in [3.05, 3.63) is 33.0 Å². The topological polar surface area (TPSA) is 44.8 Å². The summed E-state index contributed by atoms with van der Waals surface area (Å²) < 4.78 is 0. The summed E-state index contributed by atoms with van der Waals surface area (Å²) in [7, 11) is 2.17. The fourth-order valence-corrected chi connectivity index (χ4v) is 3.13. The number of nitrogens with zero attached hydrogens (tertiary/aromatic N) is 3. The third-order valence-corrected chi connectivity index (χ3v) is 4.43. The summed E-state index contributed by atoms with van der Waals surface area (Å²) in [4.78, 5) is 8.03. The molecule has 104 valence electrons. The summed E-state index contributed by atoms with van der Waals surface area (Å²) in [6, 6.07) is 0. The Labute approximate surface area is 118 Å². The van der Waals surface area contributed by atoms with Crippen LogP contribution in [0.25, 0.3) is 0 Å². The Kier molecular flexibility index (Phi) is 4.71. The maximum Gasteiger partial charge on any atom is 0.0798 e. The zero-order valence-electron chi connectivity index (χ0n) is 12.2. The van der Waals surface area contributed by atoms with Crippen molar-refractivity contribution in [1.82, 2.24) is 20.1 Å². The van der Waals surface area contributed by atoms with Gasteiger partial charge in [0.2, 0.25) is 0 Å². The molecule has 0 amide bonds. The number of thiazole rings is 1. The van der Waals surface area contributed by atoms with Crippen molar-refractivity contribution in [2.75, 3.05) is 13.6 Å². The van der Waals surface area contributed by atoms with Gasteiger partial charge in [-0.2, -0.15) is 5.10 Å². The second kappa shape index (κ2) is 6.30. The van der Waals surface area contributed by atoms with Gasteiger partial charge in [-0.05, 0) is 52.8 Å². The minimum atomic E-state index is 1.000. The number of rotatable bonds is 6. The molecule has 0 aliphatic heterocycles. The molecule has 0 atom stereocenters. The summed E-state index contributed by atoms with van der Waals surface area (Å²) in [5.41, 5.74) is 6.81. The Bertz CT molecular complexity index is 510. The average molecular weight is 278 g/mol. The average Bonchev–Trinajstić information content (AvgIpc) is 2.90. The second-order valence-corrected chi connectivity index (χ2v) is 6.05. The predicted molar refractivity (Wildman–Crippen MR) is 79.6 cm³/mol. The Morgan fingerprint density at radius 2 is 2.05 bits per heavy atom.